The van der Waals surface area contributed by atoms with Gasteiger partial charge in [0.25, 0.3) is 5.91 Å². The van der Waals surface area contributed by atoms with Gasteiger partial charge in [0, 0.05) is 30.9 Å². The second kappa shape index (κ2) is 8.34. The molecule has 0 atom stereocenters. The van der Waals surface area contributed by atoms with E-state index in [2.05, 4.69) is 15.3 Å². The van der Waals surface area contributed by atoms with Crippen LogP contribution in [0.25, 0.3) is 22.4 Å². The maximum Gasteiger partial charge on any atom is 0.255 e. The fraction of sp³-hybridized carbons (Fsp3) is 0.0909. The number of halogens is 2. The first-order valence-corrected chi connectivity index (χ1v) is 11.3. The Labute approximate surface area is 188 Å². The smallest absolute Gasteiger partial charge is 0.255 e. The van der Waals surface area contributed by atoms with E-state index >= 15 is 0 Å². The number of aromatic amines is 1. The van der Waals surface area contributed by atoms with Crippen molar-refractivity contribution in [1.29, 1.82) is 0 Å². The van der Waals surface area contributed by atoms with Crippen LogP contribution in [0.15, 0.2) is 65.6 Å². The number of amides is 1. The number of rotatable bonds is 5. The Balaban J connectivity index is 1.61. The Morgan fingerprint density at radius 3 is 2.47 bits per heavy atom. The van der Waals surface area contributed by atoms with Crippen LogP contribution in [0.5, 0.6) is 0 Å². The zero-order chi connectivity index (χ0) is 23.0. The zero-order valence-corrected chi connectivity index (χ0v) is 18.6. The van der Waals surface area contributed by atoms with Crippen LogP contribution in [-0.4, -0.2) is 42.7 Å². The van der Waals surface area contributed by atoms with E-state index in [9.17, 15) is 17.6 Å². The quantitative estimate of drug-likeness (QED) is 0.446. The predicted octanol–water partition coefficient (Wildman–Crippen LogP) is 4.53. The number of hydrogen-bond donors (Lipinski definition) is 2. The van der Waals surface area contributed by atoms with Crippen LogP contribution in [0.4, 0.5) is 10.1 Å². The Kier molecular flexibility index (Phi) is 5.72. The van der Waals surface area contributed by atoms with Crippen LogP contribution in [0.1, 0.15) is 10.4 Å². The lowest BCUT2D eigenvalue weighted by Crippen LogP contribution is -2.23. The molecule has 3 aromatic carbocycles. The molecule has 0 bridgehead atoms. The lowest BCUT2D eigenvalue weighted by molar-refractivity contribution is 0.102. The van der Waals surface area contributed by atoms with Gasteiger partial charge in [0.15, 0.2) is 0 Å². The molecule has 0 radical (unpaired) electrons. The van der Waals surface area contributed by atoms with Crippen molar-refractivity contribution in [2.75, 3.05) is 19.4 Å². The highest BCUT2D eigenvalue weighted by atomic mass is 35.5. The number of nitrogens with one attached hydrogen (secondary N) is 2. The molecule has 0 saturated carbocycles. The van der Waals surface area contributed by atoms with E-state index in [1.54, 1.807) is 30.3 Å². The lowest BCUT2D eigenvalue weighted by atomic mass is 10.2. The number of fused-ring (bicyclic) bond motifs is 1. The summed E-state index contributed by atoms with van der Waals surface area (Å²) < 4.78 is 39.1. The molecule has 4 aromatic rings. The molecule has 1 aromatic heterocycles. The molecular weight excluding hydrogens is 455 g/mol. The third kappa shape index (κ3) is 4.22. The summed E-state index contributed by atoms with van der Waals surface area (Å²) in [5, 5.41) is 2.77. The van der Waals surface area contributed by atoms with Crippen molar-refractivity contribution in [3.05, 3.63) is 77.1 Å². The van der Waals surface area contributed by atoms with Crippen LogP contribution < -0.4 is 5.32 Å². The standard InChI is InChI=1S/C22H18ClFN4O3S/c1-28(2)32(30,31)20-11-14(5-9-17(20)23)22(29)25-16-8-10-18-19(12-16)27-21(26-18)13-3-6-15(24)7-4-13/h3-12H,1-2H3,(H,25,29)(H,26,27). The molecule has 10 heteroatoms. The fourth-order valence-electron chi connectivity index (χ4n) is 3.07. The van der Waals surface area contributed by atoms with E-state index < -0.39 is 15.9 Å². The highest BCUT2D eigenvalue weighted by Gasteiger charge is 2.22. The van der Waals surface area contributed by atoms with Crippen molar-refractivity contribution in [1.82, 2.24) is 14.3 Å². The Morgan fingerprint density at radius 2 is 1.78 bits per heavy atom. The van der Waals surface area contributed by atoms with Crippen molar-refractivity contribution in [3.63, 3.8) is 0 Å². The van der Waals surface area contributed by atoms with Gasteiger partial charge in [0.1, 0.15) is 16.5 Å². The van der Waals surface area contributed by atoms with Gasteiger partial charge in [-0.15, -0.1) is 0 Å². The molecule has 0 aliphatic heterocycles. The summed E-state index contributed by atoms with van der Waals surface area (Å²) >= 11 is 6.05. The molecule has 0 fully saturated rings. The van der Waals surface area contributed by atoms with Gasteiger partial charge in [0.2, 0.25) is 10.0 Å². The van der Waals surface area contributed by atoms with Gasteiger partial charge >= 0.3 is 0 Å². The van der Waals surface area contributed by atoms with E-state index in [-0.39, 0.29) is 21.3 Å². The number of carbonyl (C=O) groups excluding carboxylic acids is 1. The molecule has 0 unspecified atom stereocenters. The lowest BCUT2D eigenvalue weighted by Gasteiger charge is -2.14. The van der Waals surface area contributed by atoms with Gasteiger partial charge < -0.3 is 10.3 Å². The SMILES string of the molecule is CN(C)S(=O)(=O)c1cc(C(=O)Nc2ccc3[nH]c(-c4ccc(F)cc4)nc3c2)ccc1Cl. The first kappa shape index (κ1) is 21.9. The number of benzene rings is 3. The third-order valence-electron chi connectivity index (χ3n) is 4.81. The number of imidazole rings is 1. The van der Waals surface area contributed by atoms with Gasteiger partial charge in [-0.05, 0) is 60.7 Å². The van der Waals surface area contributed by atoms with Crippen LogP contribution in [-0.2, 0) is 10.0 Å². The van der Waals surface area contributed by atoms with Crippen molar-refractivity contribution < 1.29 is 17.6 Å². The number of carbonyl (C=O) groups is 1. The molecule has 164 valence electrons. The predicted molar refractivity (Wildman–Crippen MR) is 122 cm³/mol. The maximum absolute atomic E-state index is 13.2. The average Bonchev–Trinajstić information content (AvgIpc) is 3.17. The van der Waals surface area contributed by atoms with Crippen LogP contribution >= 0.6 is 11.6 Å². The maximum atomic E-state index is 13.2. The van der Waals surface area contributed by atoms with Crippen molar-refractivity contribution in [2.45, 2.75) is 4.90 Å². The van der Waals surface area contributed by atoms with Gasteiger partial charge in [-0.25, -0.2) is 22.1 Å². The normalized spacial score (nSPS) is 11.8. The molecule has 0 saturated heterocycles. The monoisotopic (exact) mass is 472 g/mol. The van der Waals surface area contributed by atoms with E-state index in [1.165, 1.54) is 44.4 Å². The van der Waals surface area contributed by atoms with Crippen LogP contribution in [0, 0.1) is 5.82 Å². The molecule has 0 spiro atoms. The molecule has 1 amide bonds. The Morgan fingerprint density at radius 1 is 1.06 bits per heavy atom. The summed E-state index contributed by atoms with van der Waals surface area (Å²) in [6.45, 7) is 0. The summed E-state index contributed by atoms with van der Waals surface area (Å²) in [6, 6.07) is 15.2. The van der Waals surface area contributed by atoms with E-state index in [4.69, 9.17) is 11.6 Å². The number of anilines is 1. The molecule has 0 aliphatic carbocycles. The number of nitrogens with zero attached hydrogens (tertiary/aromatic N) is 2. The van der Waals surface area contributed by atoms with Crippen molar-refractivity contribution in [2.24, 2.45) is 0 Å². The van der Waals surface area contributed by atoms with E-state index in [0.717, 1.165) is 15.4 Å². The molecule has 0 aliphatic rings. The number of sulfonamides is 1. The number of aromatic nitrogens is 2. The van der Waals surface area contributed by atoms with Crippen LogP contribution in [0.2, 0.25) is 5.02 Å². The summed E-state index contributed by atoms with van der Waals surface area (Å²) in [6.07, 6.45) is 0. The largest absolute Gasteiger partial charge is 0.338 e. The third-order valence-corrected chi connectivity index (χ3v) is 7.11. The number of hydrogen-bond acceptors (Lipinski definition) is 4. The minimum absolute atomic E-state index is 0.0292. The van der Waals surface area contributed by atoms with Crippen molar-refractivity contribution >= 4 is 44.3 Å². The minimum atomic E-state index is -3.81. The second-order valence-electron chi connectivity index (χ2n) is 7.21. The Hall–Kier alpha value is -3.27. The first-order valence-electron chi connectivity index (χ1n) is 9.44. The highest BCUT2D eigenvalue weighted by molar-refractivity contribution is 7.89. The molecular formula is C22H18ClFN4O3S. The van der Waals surface area contributed by atoms with E-state index in [1.807, 2.05) is 0 Å². The summed E-state index contributed by atoms with van der Waals surface area (Å²) in [7, 11) is -1.03. The highest BCUT2D eigenvalue weighted by Crippen LogP contribution is 2.26. The molecule has 2 N–H and O–H groups in total. The first-order chi connectivity index (χ1) is 15.1. The van der Waals surface area contributed by atoms with Gasteiger partial charge in [-0.1, -0.05) is 11.6 Å². The zero-order valence-electron chi connectivity index (χ0n) is 17.1. The molecule has 1 heterocycles. The Bertz CT molecular complexity index is 1430. The van der Waals surface area contributed by atoms with Gasteiger partial charge in [-0.2, -0.15) is 0 Å². The van der Waals surface area contributed by atoms with Gasteiger partial charge in [-0.3, -0.25) is 4.79 Å². The summed E-state index contributed by atoms with van der Waals surface area (Å²) in [5.74, 6) is -0.260. The van der Waals surface area contributed by atoms with Gasteiger partial charge in [0.05, 0.1) is 16.1 Å². The second-order valence-corrected chi connectivity index (χ2v) is 9.74. The van der Waals surface area contributed by atoms with Crippen molar-refractivity contribution in [3.8, 4) is 11.4 Å². The minimum Gasteiger partial charge on any atom is -0.338 e. The molecule has 4 rings (SSSR count). The molecule has 32 heavy (non-hydrogen) atoms. The average molecular weight is 473 g/mol. The topological polar surface area (TPSA) is 95.2 Å². The summed E-state index contributed by atoms with van der Waals surface area (Å²) in [5.41, 5.74) is 2.70. The fourth-order valence-corrected chi connectivity index (χ4v) is 4.46. The van der Waals surface area contributed by atoms with Crippen LogP contribution in [0.3, 0.4) is 0 Å². The number of H-pyrrole nitrogens is 1. The summed E-state index contributed by atoms with van der Waals surface area (Å²) in [4.78, 5) is 20.2. The van der Waals surface area contributed by atoms with E-state index in [0.29, 0.717) is 17.0 Å². The molecule has 7 nitrogen and oxygen atoms in total.